The molecule has 76 valence electrons. The van der Waals surface area contributed by atoms with Gasteiger partial charge >= 0.3 is 5.97 Å². The molecule has 0 aromatic heterocycles. The Labute approximate surface area is 77.6 Å². The van der Waals surface area contributed by atoms with E-state index in [1.807, 2.05) is 0 Å². The molecule has 1 unspecified atom stereocenters. The number of carbonyl (C=O) groups is 1. The maximum Gasteiger partial charge on any atom is 0.316 e. The van der Waals surface area contributed by atoms with Gasteiger partial charge in [0.15, 0.2) is 0 Å². The van der Waals surface area contributed by atoms with Crippen molar-refractivity contribution < 1.29 is 13.9 Å². The van der Waals surface area contributed by atoms with E-state index >= 15 is 0 Å². The topological polar surface area (TPSA) is 38.3 Å². The SMILES string of the molecule is CCOC(=O)C1(CF)CCCNC1. The van der Waals surface area contributed by atoms with Gasteiger partial charge in [0, 0.05) is 6.54 Å². The summed E-state index contributed by atoms with van der Waals surface area (Å²) in [6, 6.07) is 0. The molecule has 0 aromatic rings. The minimum Gasteiger partial charge on any atom is -0.465 e. The molecule has 4 heteroatoms. The molecular formula is C9H16FNO2. The van der Waals surface area contributed by atoms with Gasteiger partial charge in [-0.15, -0.1) is 0 Å². The van der Waals surface area contributed by atoms with Crippen molar-refractivity contribution in [3.63, 3.8) is 0 Å². The Kier molecular flexibility index (Phi) is 3.66. The number of ether oxygens (including phenoxy) is 1. The number of alkyl halides is 1. The van der Waals surface area contributed by atoms with E-state index < -0.39 is 18.1 Å². The van der Waals surface area contributed by atoms with Crippen LogP contribution in [0.3, 0.4) is 0 Å². The molecule has 0 bridgehead atoms. The Hall–Kier alpha value is -0.640. The lowest BCUT2D eigenvalue weighted by Crippen LogP contribution is -2.47. The number of piperidine rings is 1. The summed E-state index contributed by atoms with van der Waals surface area (Å²) in [5.41, 5.74) is -0.908. The highest BCUT2D eigenvalue weighted by Gasteiger charge is 2.41. The normalized spacial score (nSPS) is 28.5. The third-order valence-electron chi connectivity index (χ3n) is 2.44. The van der Waals surface area contributed by atoms with Gasteiger partial charge in [-0.25, -0.2) is 4.39 Å². The number of hydrogen-bond acceptors (Lipinski definition) is 3. The maximum atomic E-state index is 12.8. The van der Waals surface area contributed by atoms with Gasteiger partial charge < -0.3 is 10.1 Å². The fourth-order valence-corrected chi connectivity index (χ4v) is 1.59. The summed E-state index contributed by atoms with van der Waals surface area (Å²) < 4.78 is 17.6. The standard InChI is InChI=1S/C9H16FNO2/c1-2-13-8(12)9(6-10)4-3-5-11-7-9/h11H,2-7H2,1H3. The summed E-state index contributed by atoms with van der Waals surface area (Å²) in [5, 5.41) is 3.03. The van der Waals surface area contributed by atoms with Crippen LogP contribution in [0.2, 0.25) is 0 Å². The smallest absolute Gasteiger partial charge is 0.316 e. The first-order chi connectivity index (χ1) is 6.25. The largest absolute Gasteiger partial charge is 0.465 e. The van der Waals surface area contributed by atoms with E-state index in [9.17, 15) is 9.18 Å². The predicted octanol–water partition coefficient (Wildman–Crippen LogP) is 0.889. The molecule has 1 N–H and O–H groups in total. The molecule has 1 saturated heterocycles. The fraction of sp³-hybridized carbons (Fsp3) is 0.889. The van der Waals surface area contributed by atoms with Gasteiger partial charge in [-0.2, -0.15) is 0 Å². The second-order valence-corrected chi connectivity index (χ2v) is 3.41. The zero-order chi connectivity index (χ0) is 9.73. The molecule has 1 aliphatic rings. The van der Waals surface area contributed by atoms with E-state index in [0.29, 0.717) is 19.6 Å². The molecule has 1 fully saturated rings. The van der Waals surface area contributed by atoms with Gasteiger partial charge in [0.1, 0.15) is 12.1 Å². The van der Waals surface area contributed by atoms with Crippen LogP contribution in [-0.2, 0) is 9.53 Å². The van der Waals surface area contributed by atoms with Crippen molar-refractivity contribution in [3.05, 3.63) is 0 Å². The van der Waals surface area contributed by atoms with Gasteiger partial charge in [0.05, 0.1) is 6.61 Å². The first-order valence-corrected chi connectivity index (χ1v) is 4.69. The van der Waals surface area contributed by atoms with Crippen LogP contribution in [0.4, 0.5) is 4.39 Å². The van der Waals surface area contributed by atoms with Crippen LogP contribution in [0, 0.1) is 5.41 Å². The van der Waals surface area contributed by atoms with Crippen LogP contribution in [0.15, 0.2) is 0 Å². The Morgan fingerprint density at radius 3 is 2.92 bits per heavy atom. The lowest BCUT2D eigenvalue weighted by Gasteiger charge is -2.32. The number of rotatable bonds is 3. The second kappa shape index (κ2) is 4.56. The van der Waals surface area contributed by atoms with E-state index in [1.165, 1.54) is 0 Å². The molecule has 0 amide bonds. The minimum absolute atomic E-state index is 0.320. The van der Waals surface area contributed by atoms with Gasteiger partial charge in [0.2, 0.25) is 0 Å². The maximum absolute atomic E-state index is 12.8. The lowest BCUT2D eigenvalue weighted by atomic mass is 9.82. The third-order valence-corrected chi connectivity index (χ3v) is 2.44. The Morgan fingerprint density at radius 1 is 1.69 bits per heavy atom. The van der Waals surface area contributed by atoms with Gasteiger partial charge in [0.25, 0.3) is 0 Å². The van der Waals surface area contributed by atoms with Crippen molar-refractivity contribution in [3.8, 4) is 0 Å². The van der Waals surface area contributed by atoms with Crippen molar-refractivity contribution in [2.45, 2.75) is 19.8 Å². The highest BCUT2D eigenvalue weighted by Crippen LogP contribution is 2.28. The molecule has 1 atom stereocenters. The fourth-order valence-electron chi connectivity index (χ4n) is 1.59. The number of carbonyl (C=O) groups excluding carboxylic acids is 1. The highest BCUT2D eigenvalue weighted by molar-refractivity contribution is 5.77. The first-order valence-electron chi connectivity index (χ1n) is 4.69. The molecular weight excluding hydrogens is 173 g/mol. The van der Waals surface area contributed by atoms with Crippen molar-refractivity contribution in [2.24, 2.45) is 5.41 Å². The molecule has 0 spiro atoms. The summed E-state index contributed by atoms with van der Waals surface area (Å²) in [6.07, 6.45) is 1.43. The van der Waals surface area contributed by atoms with E-state index in [4.69, 9.17) is 4.74 Å². The average molecular weight is 189 g/mol. The molecule has 1 aliphatic heterocycles. The van der Waals surface area contributed by atoms with Gasteiger partial charge in [-0.05, 0) is 26.3 Å². The molecule has 0 aliphatic carbocycles. The van der Waals surface area contributed by atoms with Crippen molar-refractivity contribution in [2.75, 3.05) is 26.4 Å². The van der Waals surface area contributed by atoms with Crippen LogP contribution in [0.25, 0.3) is 0 Å². The zero-order valence-corrected chi connectivity index (χ0v) is 7.94. The summed E-state index contributed by atoms with van der Waals surface area (Å²) in [6.45, 7) is 2.70. The van der Waals surface area contributed by atoms with Crippen LogP contribution < -0.4 is 5.32 Å². The number of nitrogens with one attached hydrogen (secondary N) is 1. The Bertz CT molecular complexity index is 178. The van der Waals surface area contributed by atoms with Crippen LogP contribution in [0.1, 0.15) is 19.8 Å². The van der Waals surface area contributed by atoms with Gasteiger partial charge in [-0.3, -0.25) is 4.79 Å². The van der Waals surface area contributed by atoms with E-state index in [1.54, 1.807) is 6.92 Å². The van der Waals surface area contributed by atoms with E-state index in [-0.39, 0.29) is 0 Å². The monoisotopic (exact) mass is 189 g/mol. The second-order valence-electron chi connectivity index (χ2n) is 3.41. The molecule has 1 rings (SSSR count). The van der Waals surface area contributed by atoms with Crippen molar-refractivity contribution in [1.82, 2.24) is 5.32 Å². The minimum atomic E-state index is -0.908. The quantitative estimate of drug-likeness (QED) is 0.670. The summed E-state index contributed by atoms with van der Waals surface area (Å²) in [4.78, 5) is 11.4. The molecule has 0 saturated carbocycles. The molecule has 3 nitrogen and oxygen atoms in total. The molecule has 0 aromatic carbocycles. The van der Waals surface area contributed by atoms with Crippen molar-refractivity contribution >= 4 is 5.97 Å². The third kappa shape index (κ3) is 2.18. The Morgan fingerprint density at radius 2 is 2.46 bits per heavy atom. The summed E-state index contributed by atoms with van der Waals surface area (Å²) in [5.74, 6) is -0.398. The van der Waals surface area contributed by atoms with Gasteiger partial charge in [-0.1, -0.05) is 0 Å². The molecule has 0 radical (unpaired) electrons. The lowest BCUT2D eigenvalue weighted by molar-refractivity contribution is -0.157. The van der Waals surface area contributed by atoms with E-state index in [2.05, 4.69) is 5.32 Å². The molecule has 13 heavy (non-hydrogen) atoms. The first kappa shape index (κ1) is 10.4. The zero-order valence-electron chi connectivity index (χ0n) is 7.94. The molecule has 1 heterocycles. The summed E-state index contributed by atoms with van der Waals surface area (Å²) >= 11 is 0. The summed E-state index contributed by atoms with van der Waals surface area (Å²) in [7, 11) is 0. The van der Waals surface area contributed by atoms with Crippen LogP contribution >= 0.6 is 0 Å². The number of halogens is 1. The Balaban J connectivity index is 2.61. The van der Waals surface area contributed by atoms with Crippen LogP contribution in [-0.4, -0.2) is 32.3 Å². The number of hydrogen-bond donors (Lipinski definition) is 1. The highest BCUT2D eigenvalue weighted by atomic mass is 19.1. The van der Waals surface area contributed by atoms with Crippen LogP contribution in [0.5, 0.6) is 0 Å². The van der Waals surface area contributed by atoms with E-state index in [0.717, 1.165) is 13.0 Å². The average Bonchev–Trinajstić information content (AvgIpc) is 2.19. The number of esters is 1. The van der Waals surface area contributed by atoms with Crippen molar-refractivity contribution in [1.29, 1.82) is 0 Å². The predicted molar refractivity (Wildman–Crippen MR) is 47.1 cm³/mol.